The molecule has 1 amide bonds. The Kier molecular flexibility index (Phi) is 7.55. The number of aryl methyl sites for hydroxylation is 1. The van der Waals surface area contributed by atoms with Crippen LogP contribution in [0.25, 0.3) is 16.9 Å². The molecule has 0 unspecified atom stereocenters. The highest BCUT2D eigenvalue weighted by Crippen LogP contribution is 2.36. The molecule has 6 rings (SSSR count). The number of amides is 1. The molecule has 0 radical (unpaired) electrons. The number of benzene rings is 3. The number of fused-ring (bicyclic) bond motifs is 1. The van der Waals surface area contributed by atoms with E-state index in [1.165, 1.54) is 17.7 Å². The van der Waals surface area contributed by atoms with Gasteiger partial charge in [-0.1, -0.05) is 54.6 Å². The van der Waals surface area contributed by atoms with E-state index in [1.54, 1.807) is 16.8 Å². The molecule has 3 aromatic carbocycles. The van der Waals surface area contributed by atoms with Crippen LogP contribution in [0.4, 0.5) is 15.9 Å². The zero-order valence-corrected chi connectivity index (χ0v) is 24.2. The van der Waals surface area contributed by atoms with Gasteiger partial charge in [-0.15, -0.1) is 0 Å². The van der Waals surface area contributed by atoms with Crippen molar-refractivity contribution in [3.8, 4) is 11.3 Å². The number of hydrogen-bond acceptors (Lipinski definition) is 5. The molecule has 208 valence electrons. The van der Waals surface area contributed by atoms with Crippen LogP contribution in [0.1, 0.15) is 45.8 Å². The Morgan fingerprint density at radius 2 is 1.80 bits per heavy atom. The lowest BCUT2D eigenvalue weighted by atomic mass is 9.89. The summed E-state index contributed by atoms with van der Waals surface area (Å²) in [5.74, 6) is 0.446. The lowest BCUT2D eigenvalue weighted by Gasteiger charge is -2.32. The van der Waals surface area contributed by atoms with Gasteiger partial charge in [-0.25, -0.2) is 9.37 Å². The molecular formula is C32H30BrFN6O. The number of rotatable bonds is 6. The standard InChI is InChI=1S/C32H30BrFN6O/c1-20-17-24(34)11-12-27(20)37-30-26(32(41)39-15-13-22(14-16-39)21-7-3-2-4-8-21)19-36-31-28(33)29(38-40(30)31)25-10-6-5-9-23(25)18-35/h2-12,17,19,22,37H,13-16,18,35H2,1H3. The maximum atomic E-state index is 14.0. The van der Waals surface area contributed by atoms with Crippen LogP contribution in [-0.2, 0) is 6.54 Å². The van der Waals surface area contributed by atoms with Crippen LogP contribution in [0.15, 0.2) is 83.5 Å². The van der Waals surface area contributed by atoms with Gasteiger partial charge in [-0.2, -0.15) is 9.61 Å². The molecule has 0 bridgehead atoms. The predicted molar refractivity (Wildman–Crippen MR) is 163 cm³/mol. The van der Waals surface area contributed by atoms with E-state index < -0.39 is 0 Å². The molecule has 1 fully saturated rings. The van der Waals surface area contributed by atoms with E-state index in [0.717, 1.165) is 24.0 Å². The van der Waals surface area contributed by atoms with Crippen molar-refractivity contribution >= 4 is 39.0 Å². The highest BCUT2D eigenvalue weighted by Gasteiger charge is 2.29. The molecule has 1 saturated heterocycles. The number of piperidine rings is 1. The fourth-order valence-electron chi connectivity index (χ4n) is 5.54. The second kappa shape index (κ2) is 11.4. The van der Waals surface area contributed by atoms with Gasteiger partial charge in [0.05, 0.1) is 4.47 Å². The third-order valence-electron chi connectivity index (χ3n) is 7.81. The van der Waals surface area contributed by atoms with Gasteiger partial charge >= 0.3 is 0 Å². The molecule has 3 heterocycles. The Labute approximate surface area is 246 Å². The Bertz CT molecular complexity index is 1730. The van der Waals surface area contributed by atoms with Crippen LogP contribution in [-0.4, -0.2) is 38.5 Å². The van der Waals surface area contributed by atoms with Crippen LogP contribution in [0, 0.1) is 12.7 Å². The number of aromatic nitrogens is 3. The van der Waals surface area contributed by atoms with Gasteiger partial charge in [0.2, 0.25) is 0 Å². The van der Waals surface area contributed by atoms with Gasteiger partial charge in [0, 0.05) is 37.1 Å². The highest BCUT2D eigenvalue weighted by atomic mass is 79.9. The smallest absolute Gasteiger partial charge is 0.259 e. The molecule has 9 heteroatoms. The van der Waals surface area contributed by atoms with Crippen molar-refractivity contribution in [3.05, 3.63) is 112 Å². The molecule has 0 atom stereocenters. The van der Waals surface area contributed by atoms with Gasteiger partial charge in [0.15, 0.2) is 5.65 Å². The molecule has 41 heavy (non-hydrogen) atoms. The first-order valence-electron chi connectivity index (χ1n) is 13.7. The molecule has 2 aromatic heterocycles. The summed E-state index contributed by atoms with van der Waals surface area (Å²) in [4.78, 5) is 20.6. The number of nitrogens with zero attached hydrogens (tertiary/aromatic N) is 4. The minimum absolute atomic E-state index is 0.122. The number of nitrogens with two attached hydrogens (primary N) is 1. The van der Waals surface area contributed by atoms with Crippen LogP contribution in [0.2, 0.25) is 0 Å². The van der Waals surface area contributed by atoms with E-state index in [-0.39, 0.29) is 11.7 Å². The highest BCUT2D eigenvalue weighted by molar-refractivity contribution is 9.10. The molecule has 0 aliphatic carbocycles. The lowest BCUT2D eigenvalue weighted by Crippen LogP contribution is -2.38. The summed E-state index contributed by atoms with van der Waals surface area (Å²) < 4.78 is 16.3. The van der Waals surface area contributed by atoms with Gasteiger partial charge in [-0.05, 0) is 76.5 Å². The average molecular weight is 614 g/mol. The van der Waals surface area contributed by atoms with Crippen molar-refractivity contribution in [2.75, 3.05) is 18.4 Å². The fourth-order valence-corrected chi connectivity index (χ4v) is 6.11. The summed E-state index contributed by atoms with van der Waals surface area (Å²) in [6.45, 7) is 3.46. The Balaban J connectivity index is 1.41. The van der Waals surface area contributed by atoms with Crippen molar-refractivity contribution in [2.24, 2.45) is 5.73 Å². The summed E-state index contributed by atoms with van der Waals surface area (Å²) in [6.07, 6.45) is 3.38. The number of carbonyl (C=O) groups is 1. The van der Waals surface area contributed by atoms with Crippen molar-refractivity contribution in [3.63, 3.8) is 0 Å². The predicted octanol–water partition coefficient (Wildman–Crippen LogP) is 6.83. The minimum atomic E-state index is -0.326. The normalized spacial score (nSPS) is 14.0. The zero-order valence-electron chi connectivity index (χ0n) is 22.6. The topological polar surface area (TPSA) is 88.5 Å². The summed E-state index contributed by atoms with van der Waals surface area (Å²) in [7, 11) is 0. The maximum Gasteiger partial charge on any atom is 0.259 e. The second-order valence-electron chi connectivity index (χ2n) is 10.3. The third kappa shape index (κ3) is 5.23. The van der Waals surface area contributed by atoms with E-state index in [4.69, 9.17) is 10.8 Å². The minimum Gasteiger partial charge on any atom is -0.339 e. The van der Waals surface area contributed by atoms with Crippen molar-refractivity contribution in [1.29, 1.82) is 0 Å². The monoisotopic (exact) mass is 612 g/mol. The number of carbonyl (C=O) groups excluding carboxylic acids is 1. The van der Waals surface area contributed by atoms with E-state index in [2.05, 4.69) is 50.5 Å². The molecular weight excluding hydrogens is 583 g/mol. The number of likely N-dealkylation sites (tertiary alicyclic amines) is 1. The molecule has 0 spiro atoms. The Morgan fingerprint density at radius 1 is 1.07 bits per heavy atom. The number of anilines is 2. The maximum absolute atomic E-state index is 14.0. The lowest BCUT2D eigenvalue weighted by molar-refractivity contribution is 0.0713. The Hall–Kier alpha value is -4.08. The summed E-state index contributed by atoms with van der Waals surface area (Å²) in [5, 5.41) is 8.31. The average Bonchev–Trinajstić information content (AvgIpc) is 3.35. The first-order valence-corrected chi connectivity index (χ1v) is 14.5. The molecule has 0 saturated carbocycles. The number of halogens is 2. The van der Waals surface area contributed by atoms with Gasteiger partial charge < -0.3 is 16.0 Å². The van der Waals surface area contributed by atoms with E-state index >= 15 is 0 Å². The molecule has 1 aliphatic heterocycles. The molecule has 1 aliphatic rings. The number of hydrogen-bond donors (Lipinski definition) is 2. The first kappa shape index (κ1) is 27.1. The SMILES string of the molecule is Cc1cc(F)ccc1Nc1c(C(=O)N2CCC(c3ccccc3)CC2)cnc2c(Br)c(-c3ccccc3CN)nn12. The summed E-state index contributed by atoms with van der Waals surface area (Å²) in [6, 6.07) is 22.8. The first-order chi connectivity index (χ1) is 19.9. The fraction of sp³-hybridized carbons (Fsp3) is 0.219. The van der Waals surface area contributed by atoms with Gasteiger partial charge in [0.25, 0.3) is 5.91 Å². The molecule has 7 nitrogen and oxygen atoms in total. The molecule has 3 N–H and O–H groups in total. The van der Waals surface area contributed by atoms with Crippen LogP contribution in [0.5, 0.6) is 0 Å². The van der Waals surface area contributed by atoms with E-state index in [1.807, 2.05) is 42.2 Å². The Morgan fingerprint density at radius 3 is 2.54 bits per heavy atom. The summed E-state index contributed by atoms with van der Waals surface area (Å²) >= 11 is 3.70. The zero-order chi connectivity index (χ0) is 28.5. The van der Waals surface area contributed by atoms with Gasteiger partial charge in [-0.3, -0.25) is 4.79 Å². The van der Waals surface area contributed by atoms with Gasteiger partial charge in [0.1, 0.15) is 22.9 Å². The molecule has 5 aromatic rings. The number of nitrogens with one attached hydrogen (secondary N) is 1. The quantitative estimate of drug-likeness (QED) is 0.219. The van der Waals surface area contributed by atoms with Crippen LogP contribution in [0.3, 0.4) is 0 Å². The van der Waals surface area contributed by atoms with Crippen molar-refractivity contribution in [1.82, 2.24) is 19.5 Å². The third-order valence-corrected chi connectivity index (χ3v) is 8.54. The van der Waals surface area contributed by atoms with Crippen LogP contribution < -0.4 is 11.1 Å². The second-order valence-corrected chi connectivity index (χ2v) is 11.1. The van der Waals surface area contributed by atoms with Crippen molar-refractivity contribution in [2.45, 2.75) is 32.2 Å². The largest absolute Gasteiger partial charge is 0.339 e. The summed E-state index contributed by atoms with van der Waals surface area (Å²) in [5.41, 5.74) is 12.2. The van der Waals surface area contributed by atoms with E-state index in [0.29, 0.717) is 64.0 Å². The van der Waals surface area contributed by atoms with Crippen molar-refractivity contribution < 1.29 is 9.18 Å². The van der Waals surface area contributed by atoms with E-state index in [9.17, 15) is 9.18 Å². The van der Waals surface area contributed by atoms with Crippen LogP contribution >= 0.6 is 15.9 Å².